The first kappa shape index (κ1) is 27.5. The molecule has 0 radical (unpaired) electrons. The van der Waals surface area contributed by atoms with Gasteiger partial charge in [-0.25, -0.2) is 0 Å². The quantitative estimate of drug-likeness (QED) is 0.458. The summed E-state index contributed by atoms with van der Waals surface area (Å²) in [5, 5.41) is 16.1. The van der Waals surface area contributed by atoms with Gasteiger partial charge in [0.25, 0.3) is 0 Å². The number of carbonyl (C=O) groups is 3. The number of amides is 3. The zero-order valence-corrected chi connectivity index (χ0v) is 23.9. The molecule has 3 N–H and O–H groups in total. The van der Waals surface area contributed by atoms with Gasteiger partial charge in [-0.2, -0.15) is 0 Å². The molecule has 208 valence electrons. The van der Waals surface area contributed by atoms with Gasteiger partial charge in [-0.3, -0.25) is 14.4 Å². The van der Waals surface area contributed by atoms with Gasteiger partial charge in [-0.1, -0.05) is 19.1 Å². The molecule has 7 atom stereocenters. The van der Waals surface area contributed by atoms with E-state index in [2.05, 4.69) is 17.6 Å². The van der Waals surface area contributed by atoms with Gasteiger partial charge >= 0.3 is 0 Å². The topological polar surface area (TPSA) is 108 Å². The van der Waals surface area contributed by atoms with E-state index in [1.54, 1.807) is 47.9 Å². The van der Waals surface area contributed by atoms with Crippen LogP contribution in [0.4, 0.5) is 11.4 Å². The van der Waals surface area contributed by atoms with Crippen LogP contribution in [-0.4, -0.2) is 63.0 Å². The number of aliphatic hydroxyl groups excluding tert-OH is 1. The number of benzene rings is 2. The van der Waals surface area contributed by atoms with E-state index >= 15 is 0 Å². The fourth-order valence-electron chi connectivity index (χ4n) is 6.72. The molecule has 8 nitrogen and oxygen atoms in total. The van der Waals surface area contributed by atoms with E-state index in [-0.39, 0.29) is 35.5 Å². The lowest BCUT2D eigenvalue weighted by Crippen LogP contribution is -2.56. The van der Waals surface area contributed by atoms with Crippen molar-refractivity contribution in [2.45, 2.75) is 63.1 Å². The van der Waals surface area contributed by atoms with Crippen molar-refractivity contribution in [1.29, 1.82) is 0 Å². The van der Waals surface area contributed by atoms with Crippen molar-refractivity contribution in [3.05, 3.63) is 53.6 Å². The number of fused-ring (bicyclic) bond motifs is 1. The van der Waals surface area contributed by atoms with E-state index in [1.165, 1.54) is 0 Å². The van der Waals surface area contributed by atoms with E-state index < -0.39 is 28.7 Å². The lowest BCUT2D eigenvalue weighted by molar-refractivity contribution is -0.140. The molecule has 3 unspecified atom stereocenters. The number of aliphatic hydroxyl groups is 1. The largest absolute Gasteiger partial charge is 0.494 e. The number of anilines is 2. The average molecular weight is 552 g/mol. The molecule has 0 aromatic heterocycles. The second-order valence-corrected chi connectivity index (χ2v) is 12.6. The number of nitrogens with one attached hydrogen (secondary N) is 2. The molecule has 3 fully saturated rings. The van der Waals surface area contributed by atoms with Gasteiger partial charge in [0.2, 0.25) is 17.7 Å². The minimum atomic E-state index is -0.801. The zero-order valence-electron chi connectivity index (χ0n) is 23.1. The van der Waals surface area contributed by atoms with E-state index in [1.807, 2.05) is 39.0 Å². The Balaban J connectivity index is 1.48. The number of carbonyl (C=O) groups excluding carboxylic acids is 3. The summed E-state index contributed by atoms with van der Waals surface area (Å²) < 4.78 is 4.74. The number of thioether (sulfide) groups is 1. The number of rotatable bonds is 8. The van der Waals surface area contributed by atoms with Crippen molar-refractivity contribution in [2.75, 3.05) is 23.8 Å². The van der Waals surface area contributed by atoms with Gasteiger partial charge in [-0.05, 0) is 81.5 Å². The van der Waals surface area contributed by atoms with Crippen LogP contribution in [0, 0.1) is 31.6 Å². The first-order valence-corrected chi connectivity index (χ1v) is 14.5. The Morgan fingerprint density at radius 2 is 1.87 bits per heavy atom. The van der Waals surface area contributed by atoms with Gasteiger partial charge in [-0.15, -0.1) is 11.8 Å². The predicted molar refractivity (Wildman–Crippen MR) is 153 cm³/mol. The van der Waals surface area contributed by atoms with Crippen molar-refractivity contribution < 1.29 is 24.2 Å². The highest BCUT2D eigenvalue weighted by atomic mass is 32.2. The Morgan fingerprint density at radius 1 is 1.15 bits per heavy atom. The van der Waals surface area contributed by atoms with Gasteiger partial charge in [0.15, 0.2) is 0 Å². The van der Waals surface area contributed by atoms with Crippen LogP contribution in [0.3, 0.4) is 0 Å². The molecule has 9 heteroatoms. The smallest absolute Gasteiger partial charge is 0.248 e. The van der Waals surface area contributed by atoms with Crippen LogP contribution in [0.2, 0.25) is 0 Å². The number of aryl methyl sites for hydroxylation is 2. The lowest BCUT2D eigenvalue weighted by Gasteiger charge is -2.39. The average Bonchev–Trinajstić information content (AvgIpc) is 3.50. The first-order valence-electron chi connectivity index (χ1n) is 13.6. The highest BCUT2D eigenvalue weighted by molar-refractivity contribution is 8.02. The molecule has 2 bridgehead atoms. The molecule has 2 aromatic rings. The van der Waals surface area contributed by atoms with Gasteiger partial charge in [0, 0.05) is 16.6 Å². The van der Waals surface area contributed by atoms with Crippen LogP contribution in [0.15, 0.2) is 42.5 Å². The molecule has 1 spiro atoms. The van der Waals surface area contributed by atoms with Gasteiger partial charge in [0.1, 0.15) is 11.8 Å². The summed E-state index contributed by atoms with van der Waals surface area (Å²) in [6.07, 6.45) is 0.740. The molecule has 3 heterocycles. The fourth-order valence-corrected chi connectivity index (χ4v) is 9.13. The number of hydrogen-bond acceptors (Lipinski definition) is 6. The Labute approximate surface area is 233 Å². The maximum absolute atomic E-state index is 14.1. The van der Waals surface area contributed by atoms with Crippen LogP contribution in [0.1, 0.15) is 38.3 Å². The van der Waals surface area contributed by atoms with Crippen molar-refractivity contribution in [3.8, 4) is 5.75 Å². The normalized spacial score (nSPS) is 29.7. The highest BCUT2D eigenvalue weighted by Crippen LogP contribution is 2.68. The van der Waals surface area contributed by atoms with E-state index in [0.717, 1.165) is 23.3 Å². The SMILES string of the molecule is CCOc1ccc(NC(=O)[C@@H]2[C@H]3C(=O)N([C@H](C)CO)C(C(=O)Nc4cc(C)ccc4C)C34S[C@@H]2CC4C)cc1. The number of ether oxygens (including phenoxy) is 1. The summed E-state index contributed by atoms with van der Waals surface area (Å²) >= 11 is 1.62. The van der Waals surface area contributed by atoms with E-state index in [9.17, 15) is 19.5 Å². The maximum atomic E-state index is 14.1. The van der Waals surface area contributed by atoms with Crippen molar-refractivity contribution in [3.63, 3.8) is 0 Å². The molecule has 2 aromatic carbocycles. The third-order valence-corrected chi connectivity index (χ3v) is 10.6. The second kappa shape index (κ2) is 10.5. The monoisotopic (exact) mass is 551 g/mol. The standard InChI is InChI=1S/C30H37N3O5S/c1-6-38-21-11-9-20(10-12-21)31-27(35)24-23-14-18(4)30(39-23)25(24)29(37)33(19(5)15-34)26(30)28(36)32-22-13-16(2)7-8-17(22)3/h7-13,18-19,23-26,34H,6,14-15H2,1-5H3,(H,31,35)(H,32,36)/t18?,19-,23-,24+,25+,26?,30?/m1/s1. The molecule has 0 aliphatic carbocycles. The van der Waals surface area contributed by atoms with Crippen LogP contribution in [0.5, 0.6) is 5.75 Å². The first-order chi connectivity index (χ1) is 18.6. The number of nitrogens with zero attached hydrogens (tertiary/aromatic N) is 1. The number of likely N-dealkylation sites (tertiary alicyclic amines) is 1. The summed E-state index contributed by atoms with van der Waals surface area (Å²) in [6, 6.07) is 11.7. The summed E-state index contributed by atoms with van der Waals surface area (Å²) in [5.41, 5.74) is 3.29. The fraction of sp³-hybridized carbons (Fsp3) is 0.500. The van der Waals surface area contributed by atoms with Crippen molar-refractivity contribution in [2.24, 2.45) is 17.8 Å². The molecule has 39 heavy (non-hydrogen) atoms. The molecular weight excluding hydrogens is 514 g/mol. The molecule has 3 aliphatic rings. The Hall–Kier alpha value is -3.04. The second-order valence-electron chi connectivity index (χ2n) is 11.1. The predicted octanol–water partition coefficient (Wildman–Crippen LogP) is 4.00. The van der Waals surface area contributed by atoms with Gasteiger partial charge < -0.3 is 25.4 Å². The molecule has 3 saturated heterocycles. The summed E-state index contributed by atoms with van der Waals surface area (Å²) in [5.74, 6) is -1.17. The molecule has 0 saturated carbocycles. The minimum Gasteiger partial charge on any atom is -0.494 e. The third kappa shape index (κ3) is 4.49. The van der Waals surface area contributed by atoms with Crippen LogP contribution >= 0.6 is 11.8 Å². The van der Waals surface area contributed by atoms with E-state index in [4.69, 9.17) is 4.74 Å². The lowest BCUT2D eigenvalue weighted by atomic mass is 9.66. The van der Waals surface area contributed by atoms with Crippen molar-refractivity contribution >= 4 is 40.9 Å². The van der Waals surface area contributed by atoms with Crippen LogP contribution < -0.4 is 15.4 Å². The van der Waals surface area contributed by atoms with E-state index in [0.29, 0.717) is 18.0 Å². The molecular formula is C30H37N3O5S. The Bertz CT molecular complexity index is 1280. The third-order valence-electron chi connectivity index (χ3n) is 8.56. The summed E-state index contributed by atoms with van der Waals surface area (Å²) in [4.78, 5) is 43.5. The number of hydrogen-bond donors (Lipinski definition) is 3. The summed E-state index contributed by atoms with van der Waals surface area (Å²) in [7, 11) is 0. The minimum absolute atomic E-state index is 0.0428. The van der Waals surface area contributed by atoms with Crippen LogP contribution in [-0.2, 0) is 14.4 Å². The molecule has 3 amide bonds. The van der Waals surface area contributed by atoms with Gasteiger partial charge in [0.05, 0.1) is 35.8 Å². The zero-order chi connectivity index (χ0) is 28.1. The highest BCUT2D eigenvalue weighted by Gasteiger charge is 2.76. The van der Waals surface area contributed by atoms with Crippen LogP contribution in [0.25, 0.3) is 0 Å². The van der Waals surface area contributed by atoms with Crippen molar-refractivity contribution in [1.82, 2.24) is 4.90 Å². The summed E-state index contributed by atoms with van der Waals surface area (Å²) in [6.45, 7) is 9.93. The Kier molecular flexibility index (Phi) is 7.41. The molecule has 5 rings (SSSR count). The molecule has 3 aliphatic heterocycles. The maximum Gasteiger partial charge on any atom is 0.248 e. The Morgan fingerprint density at radius 3 is 2.54 bits per heavy atom.